The van der Waals surface area contributed by atoms with Crippen LogP contribution in [-0.4, -0.2) is 39.9 Å². The SMILES string of the molecule is C[C@H](c1cc(F)cc(F)c1)N(C/C=C/c1cnc2c(c1)C[C@@]1(C2)C(=O)Nc2ncccc21)C(=O)C(C)(C)CF. The summed E-state index contributed by atoms with van der Waals surface area (Å²) in [6.45, 7) is 3.86. The third kappa shape index (κ3) is 4.82. The van der Waals surface area contributed by atoms with E-state index in [0.717, 1.165) is 28.5 Å². The Hall–Kier alpha value is -4.01. The standard InChI is InChI=1S/C30H29F3N4O2/c1-18(20-11-22(32)13-23(33)12-20)37(28(39)29(2,3)17-31)9-5-6-19-10-21-14-30(15-25(21)35-16-19)24-7-4-8-34-26(24)36-27(30)38/h4-8,10-13,16,18H,9,14-15,17H2,1-3H3,(H,34,36,38)/b6-5+/t18-,30+/m1/s1. The van der Waals surface area contributed by atoms with Gasteiger partial charge in [-0.3, -0.25) is 14.6 Å². The van der Waals surface area contributed by atoms with Crippen LogP contribution >= 0.6 is 0 Å². The summed E-state index contributed by atoms with van der Waals surface area (Å²) in [6, 6.07) is 8.12. The van der Waals surface area contributed by atoms with Crippen LogP contribution in [0.4, 0.5) is 19.0 Å². The number of nitrogens with one attached hydrogen (secondary N) is 1. The van der Waals surface area contributed by atoms with Gasteiger partial charge in [0.05, 0.1) is 16.9 Å². The Morgan fingerprint density at radius 3 is 2.64 bits per heavy atom. The van der Waals surface area contributed by atoms with Gasteiger partial charge in [0.2, 0.25) is 11.8 Å². The summed E-state index contributed by atoms with van der Waals surface area (Å²) in [7, 11) is 0. The molecule has 6 nitrogen and oxygen atoms in total. The summed E-state index contributed by atoms with van der Waals surface area (Å²) in [5.41, 5.74) is 1.71. The number of halogens is 3. The van der Waals surface area contributed by atoms with Crippen molar-refractivity contribution in [3.8, 4) is 0 Å². The van der Waals surface area contributed by atoms with Gasteiger partial charge in [-0.05, 0) is 68.1 Å². The van der Waals surface area contributed by atoms with E-state index in [1.54, 1.807) is 31.5 Å². The van der Waals surface area contributed by atoms with Gasteiger partial charge in [-0.2, -0.15) is 0 Å². The Morgan fingerprint density at radius 2 is 1.92 bits per heavy atom. The minimum Gasteiger partial charge on any atom is -0.332 e. The smallest absolute Gasteiger partial charge is 0.237 e. The van der Waals surface area contributed by atoms with Crippen LogP contribution in [0.3, 0.4) is 0 Å². The number of rotatable bonds is 7. The first kappa shape index (κ1) is 26.6. The molecule has 2 amide bonds. The first-order chi connectivity index (χ1) is 18.5. The van der Waals surface area contributed by atoms with Crippen LogP contribution in [0.15, 0.2) is 54.9 Å². The molecule has 0 saturated heterocycles. The average Bonchev–Trinajstić information content (AvgIpc) is 3.42. The Balaban J connectivity index is 1.38. The predicted molar refractivity (Wildman–Crippen MR) is 141 cm³/mol. The molecule has 2 aliphatic rings. The van der Waals surface area contributed by atoms with Crippen LogP contribution in [-0.2, 0) is 27.8 Å². The number of aromatic nitrogens is 2. The first-order valence-electron chi connectivity index (χ1n) is 12.8. The fourth-order valence-corrected chi connectivity index (χ4v) is 5.39. The lowest BCUT2D eigenvalue weighted by molar-refractivity contribution is -0.142. The normalized spacial score (nSPS) is 18.8. The third-order valence-electron chi connectivity index (χ3n) is 7.65. The van der Waals surface area contributed by atoms with Crippen molar-refractivity contribution < 1.29 is 22.8 Å². The zero-order valence-electron chi connectivity index (χ0n) is 22.0. The van der Waals surface area contributed by atoms with Crippen molar-refractivity contribution in [3.63, 3.8) is 0 Å². The highest BCUT2D eigenvalue weighted by Gasteiger charge is 2.51. The van der Waals surface area contributed by atoms with Crippen molar-refractivity contribution in [2.45, 2.75) is 45.1 Å². The van der Waals surface area contributed by atoms with Crippen molar-refractivity contribution in [1.29, 1.82) is 0 Å². The highest BCUT2D eigenvalue weighted by atomic mass is 19.1. The van der Waals surface area contributed by atoms with Gasteiger partial charge >= 0.3 is 0 Å². The van der Waals surface area contributed by atoms with E-state index in [4.69, 9.17) is 0 Å². The minimum atomic E-state index is -1.30. The minimum absolute atomic E-state index is 0.0845. The number of anilines is 1. The number of nitrogens with zero attached hydrogens (tertiary/aromatic N) is 3. The number of carbonyl (C=O) groups excluding carboxylic acids is 2. The Bertz CT molecular complexity index is 1470. The molecule has 9 heteroatoms. The van der Waals surface area contributed by atoms with Gasteiger partial charge in [0, 0.05) is 42.7 Å². The average molecular weight is 535 g/mol. The third-order valence-corrected chi connectivity index (χ3v) is 7.65. The maximum atomic E-state index is 13.9. The lowest BCUT2D eigenvalue weighted by Gasteiger charge is -2.34. The van der Waals surface area contributed by atoms with Crippen LogP contribution in [0.5, 0.6) is 0 Å². The molecule has 39 heavy (non-hydrogen) atoms. The molecular formula is C30H29F3N4O2. The maximum absolute atomic E-state index is 13.9. The largest absolute Gasteiger partial charge is 0.332 e. The van der Waals surface area contributed by atoms with Gasteiger partial charge in [0.15, 0.2) is 0 Å². The molecule has 2 aromatic heterocycles. The second-order valence-electron chi connectivity index (χ2n) is 10.9. The Kier molecular flexibility index (Phi) is 6.78. The molecule has 0 fully saturated rings. The number of hydrogen-bond donors (Lipinski definition) is 1. The molecule has 1 spiro atoms. The molecule has 1 aromatic carbocycles. The van der Waals surface area contributed by atoms with Crippen LogP contribution in [0, 0.1) is 17.0 Å². The molecule has 5 rings (SSSR count). The number of amides is 2. The van der Waals surface area contributed by atoms with Crippen molar-refractivity contribution in [2.24, 2.45) is 5.41 Å². The second kappa shape index (κ2) is 9.94. The van der Waals surface area contributed by atoms with Gasteiger partial charge in [0.1, 0.15) is 24.1 Å². The van der Waals surface area contributed by atoms with Crippen LogP contribution in [0.2, 0.25) is 0 Å². The molecule has 3 heterocycles. The molecule has 1 aliphatic heterocycles. The molecule has 0 unspecified atom stereocenters. The van der Waals surface area contributed by atoms with E-state index < -0.39 is 41.1 Å². The highest BCUT2D eigenvalue weighted by molar-refractivity contribution is 6.06. The van der Waals surface area contributed by atoms with Crippen molar-refractivity contribution in [1.82, 2.24) is 14.9 Å². The van der Waals surface area contributed by atoms with E-state index in [1.807, 2.05) is 18.2 Å². The molecular weight excluding hydrogens is 505 g/mol. The van der Waals surface area contributed by atoms with Crippen molar-refractivity contribution >= 4 is 23.7 Å². The lowest BCUT2D eigenvalue weighted by atomic mass is 9.80. The number of alkyl halides is 1. The molecule has 202 valence electrons. The molecule has 1 N–H and O–H groups in total. The summed E-state index contributed by atoms with van der Waals surface area (Å²) in [6.07, 6.45) is 7.88. The number of benzene rings is 1. The van der Waals surface area contributed by atoms with Gasteiger partial charge in [-0.25, -0.2) is 18.2 Å². The van der Waals surface area contributed by atoms with Crippen LogP contribution in [0.25, 0.3) is 6.08 Å². The highest BCUT2D eigenvalue weighted by Crippen LogP contribution is 2.46. The first-order valence-corrected chi connectivity index (χ1v) is 12.8. The predicted octanol–water partition coefficient (Wildman–Crippen LogP) is 5.34. The van der Waals surface area contributed by atoms with E-state index in [1.165, 1.54) is 30.9 Å². The topological polar surface area (TPSA) is 75.2 Å². The molecule has 1 aliphatic carbocycles. The van der Waals surface area contributed by atoms with Gasteiger partial charge in [0.25, 0.3) is 0 Å². The maximum Gasteiger partial charge on any atom is 0.237 e. The summed E-state index contributed by atoms with van der Waals surface area (Å²) < 4.78 is 41.5. The van der Waals surface area contributed by atoms with E-state index in [0.29, 0.717) is 18.7 Å². The van der Waals surface area contributed by atoms with Crippen LogP contribution < -0.4 is 5.32 Å². The molecule has 3 aromatic rings. The van der Waals surface area contributed by atoms with E-state index in [9.17, 15) is 22.8 Å². The number of pyridine rings is 2. The summed E-state index contributed by atoms with van der Waals surface area (Å²) in [4.78, 5) is 36.5. The summed E-state index contributed by atoms with van der Waals surface area (Å²) >= 11 is 0. The van der Waals surface area contributed by atoms with Crippen molar-refractivity contribution in [3.05, 3.63) is 94.5 Å². The second-order valence-corrected chi connectivity index (χ2v) is 10.9. The molecule has 0 saturated carbocycles. The lowest BCUT2D eigenvalue weighted by Crippen LogP contribution is -2.43. The summed E-state index contributed by atoms with van der Waals surface area (Å²) in [5.74, 6) is -1.47. The fourth-order valence-electron chi connectivity index (χ4n) is 5.39. The zero-order chi connectivity index (χ0) is 27.9. The van der Waals surface area contributed by atoms with Gasteiger partial charge in [-0.15, -0.1) is 0 Å². The quantitative estimate of drug-likeness (QED) is 0.444. The van der Waals surface area contributed by atoms with E-state index >= 15 is 0 Å². The number of hydrogen-bond acceptors (Lipinski definition) is 4. The summed E-state index contributed by atoms with van der Waals surface area (Å²) in [5, 5.41) is 2.88. The Labute approximate surface area is 225 Å². The fraction of sp³-hybridized carbons (Fsp3) is 0.333. The van der Waals surface area contributed by atoms with E-state index in [-0.39, 0.29) is 18.0 Å². The molecule has 0 radical (unpaired) electrons. The number of carbonyl (C=O) groups is 2. The van der Waals surface area contributed by atoms with Gasteiger partial charge < -0.3 is 10.2 Å². The van der Waals surface area contributed by atoms with Crippen molar-refractivity contribution in [2.75, 3.05) is 18.5 Å². The molecule has 2 atom stereocenters. The molecule has 0 bridgehead atoms. The monoisotopic (exact) mass is 534 g/mol. The van der Waals surface area contributed by atoms with E-state index in [2.05, 4.69) is 15.3 Å². The number of fused-ring (bicyclic) bond motifs is 3. The zero-order valence-corrected chi connectivity index (χ0v) is 22.0. The Morgan fingerprint density at radius 1 is 1.18 bits per heavy atom. The van der Waals surface area contributed by atoms with Crippen LogP contribution in [0.1, 0.15) is 54.8 Å². The van der Waals surface area contributed by atoms with Gasteiger partial charge in [-0.1, -0.05) is 18.2 Å².